The Bertz CT molecular complexity index is 459. The molecule has 0 fully saturated rings. The molecule has 0 saturated heterocycles. The second-order valence-corrected chi connectivity index (χ2v) is 3.04. The van der Waals surface area contributed by atoms with Crippen LogP contribution in [-0.2, 0) is 0 Å². The topological polar surface area (TPSA) is 204 Å². The van der Waals surface area contributed by atoms with Gasteiger partial charge in [0.1, 0.15) is 0 Å². The number of hydrogen-bond donors (Lipinski definition) is 3. The van der Waals surface area contributed by atoms with Crippen LogP contribution in [0.15, 0.2) is 18.2 Å². The van der Waals surface area contributed by atoms with Gasteiger partial charge in [-0.25, -0.2) is 0 Å². The molecule has 0 aromatic heterocycles. The summed E-state index contributed by atoms with van der Waals surface area (Å²) < 4.78 is 0. The van der Waals surface area contributed by atoms with E-state index >= 15 is 0 Å². The lowest BCUT2D eigenvalue weighted by Crippen LogP contribution is -2.51. The van der Waals surface area contributed by atoms with E-state index in [4.69, 9.17) is 0 Å². The van der Waals surface area contributed by atoms with Gasteiger partial charge >= 0.3 is 5.96 Å². The number of benzene rings is 1. The molecule has 1 aromatic rings. The number of carboxylic acids is 1. The predicted molar refractivity (Wildman–Crippen MR) is 59.4 cm³/mol. The van der Waals surface area contributed by atoms with Gasteiger partial charge < -0.3 is 9.90 Å². The Morgan fingerprint density at radius 3 is 1.58 bits per heavy atom. The molecule has 1 rings (SSSR count). The van der Waals surface area contributed by atoms with Crippen LogP contribution in [0.1, 0.15) is 10.4 Å². The number of nitrogens with two attached hydrogens (primary N) is 3. The number of carboxylic acid groups (broad SMARTS) is 1. The first-order valence-electron chi connectivity index (χ1n) is 4.43. The van der Waals surface area contributed by atoms with Crippen LogP contribution in [0.25, 0.3) is 0 Å². The van der Waals surface area contributed by atoms with Gasteiger partial charge in [0.15, 0.2) is 0 Å². The standard InChI is InChI=1S/C7H4N2O6.CH5N3/c10-7(11)4-1-5(8(12)13)3-6(2-4)9(14)15;2-1(3)4/h1-3H,(H,10,11);(H5,2,3,4). The zero-order valence-corrected chi connectivity index (χ0v) is 9.31. The molecule has 11 heteroatoms. The first-order chi connectivity index (χ1) is 8.65. The number of aromatic carboxylic acids is 1. The molecule has 6 N–H and O–H groups in total. The molecule has 0 atom stereocenters. The van der Waals surface area contributed by atoms with E-state index in [9.17, 15) is 30.1 Å². The zero-order valence-electron chi connectivity index (χ0n) is 9.31. The minimum Gasteiger partial charge on any atom is -0.545 e. The number of non-ortho nitro benzene ring substituents is 2. The van der Waals surface area contributed by atoms with Crippen LogP contribution in [0.3, 0.4) is 0 Å². The maximum absolute atomic E-state index is 10.4. The Kier molecular flexibility index (Phi) is 5.38. The molecule has 0 saturated carbocycles. The number of rotatable bonds is 3. The summed E-state index contributed by atoms with van der Waals surface area (Å²) in [7, 11) is 0. The van der Waals surface area contributed by atoms with Crippen LogP contribution in [0.4, 0.5) is 11.4 Å². The molecule has 0 unspecified atom stereocenters. The van der Waals surface area contributed by atoms with Crippen molar-refractivity contribution in [3.05, 3.63) is 44.0 Å². The molecule has 102 valence electrons. The maximum Gasteiger partial charge on any atom is 0.336 e. The first-order valence-corrected chi connectivity index (χ1v) is 4.43. The van der Waals surface area contributed by atoms with Crippen LogP contribution in [-0.4, -0.2) is 21.8 Å². The average molecular weight is 271 g/mol. The highest BCUT2D eigenvalue weighted by atomic mass is 16.6. The highest BCUT2D eigenvalue weighted by molar-refractivity contribution is 5.87. The Labute approximate surface area is 105 Å². The minimum atomic E-state index is -1.71. The molecule has 1 aromatic carbocycles. The number of nitro benzene ring substituents is 2. The number of nitro groups is 2. The highest BCUT2D eigenvalue weighted by Crippen LogP contribution is 2.22. The van der Waals surface area contributed by atoms with Crippen molar-refractivity contribution in [2.75, 3.05) is 0 Å². The third-order valence-corrected chi connectivity index (χ3v) is 1.56. The smallest absolute Gasteiger partial charge is 0.336 e. The van der Waals surface area contributed by atoms with Crippen LogP contribution >= 0.6 is 0 Å². The van der Waals surface area contributed by atoms with E-state index in [2.05, 4.69) is 16.9 Å². The molecule has 11 nitrogen and oxygen atoms in total. The van der Waals surface area contributed by atoms with Gasteiger partial charge in [0, 0.05) is 17.7 Å². The molecule has 0 aliphatic rings. The molecule has 0 bridgehead atoms. The third-order valence-electron chi connectivity index (χ3n) is 1.56. The predicted octanol–water partition coefficient (Wildman–Crippen LogP) is -3.11. The second kappa shape index (κ2) is 6.48. The fourth-order valence-electron chi connectivity index (χ4n) is 0.924. The summed E-state index contributed by atoms with van der Waals surface area (Å²) in [5.74, 6) is -1.79. The van der Waals surface area contributed by atoms with Gasteiger partial charge in [-0.2, -0.15) is 0 Å². The van der Waals surface area contributed by atoms with Crippen molar-refractivity contribution >= 4 is 23.3 Å². The van der Waals surface area contributed by atoms with E-state index in [0.717, 1.165) is 0 Å². The molecular weight excluding hydrogens is 262 g/mol. The number of carbonyl (C=O) groups excluding carboxylic acids is 1. The van der Waals surface area contributed by atoms with Gasteiger partial charge in [-0.05, 0) is 0 Å². The number of guanidine groups is 1. The minimum absolute atomic E-state index is 0.0833. The maximum atomic E-state index is 10.4. The molecule has 19 heavy (non-hydrogen) atoms. The van der Waals surface area contributed by atoms with Crippen molar-refractivity contribution < 1.29 is 25.2 Å². The van der Waals surface area contributed by atoms with Gasteiger partial charge in [0.25, 0.3) is 11.4 Å². The van der Waals surface area contributed by atoms with Crippen molar-refractivity contribution in [1.29, 1.82) is 0 Å². The summed E-state index contributed by atoms with van der Waals surface area (Å²) in [6.07, 6.45) is 0. The Hall–Kier alpha value is -3.24. The van der Waals surface area contributed by atoms with E-state index in [0.29, 0.717) is 18.2 Å². The van der Waals surface area contributed by atoms with Crippen molar-refractivity contribution in [1.82, 2.24) is 0 Å². The van der Waals surface area contributed by atoms with E-state index in [1.165, 1.54) is 0 Å². The van der Waals surface area contributed by atoms with Gasteiger partial charge in [-0.3, -0.25) is 37.1 Å². The van der Waals surface area contributed by atoms with E-state index in [1.54, 1.807) is 0 Å². The molecule has 0 aliphatic heterocycles. The van der Waals surface area contributed by atoms with Crippen molar-refractivity contribution in [3.63, 3.8) is 0 Å². The summed E-state index contributed by atoms with van der Waals surface area (Å²) in [5.41, 5.74) is 7.24. The summed E-state index contributed by atoms with van der Waals surface area (Å²) in [6, 6.07) is 2.07. The summed E-state index contributed by atoms with van der Waals surface area (Å²) in [4.78, 5) is 29.2. The molecule has 0 heterocycles. The van der Waals surface area contributed by atoms with Crippen molar-refractivity contribution in [2.45, 2.75) is 0 Å². The summed E-state index contributed by atoms with van der Waals surface area (Å²) in [5, 5.41) is 35.6. The van der Waals surface area contributed by atoms with Crippen LogP contribution in [0, 0.1) is 20.2 Å². The Balaban J connectivity index is 0.000000711. The quantitative estimate of drug-likeness (QED) is 0.221. The first kappa shape index (κ1) is 15.8. The lowest BCUT2D eigenvalue weighted by atomic mass is 10.2. The molecule has 0 radical (unpaired) electrons. The molecule has 0 amide bonds. The Morgan fingerprint density at radius 1 is 1.05 bits per heavy atom. The van der Waals surface area contributed by atoms with E-state index < -0.39 is 32.8 Å². The zero-order chi connectivity index (χ0) is 15.2. The van der Waals surface area contributed by atoms with Gasteiger partial charge in [-0.1, -0.05) is 0 Å². The van der Waals surface area contributed by atoms with Crippen molar-refractivity contribution in [3.8, 4) is 0 Å². The monoisotopic (exact) mass is 271 g/mol. The van der Waals surface area contributed by atoms with Gasteiger partial charge in [0.05, 0.1) is 21.9 Å². The summed E-state index contributed by atoms with van der Waals surface area (Å²) >= 11 is 0. The lowest BCUT2D eigenvalue weighted by Gasteiger charge is -2.01. The highest BCUT2D eigenvalue weighted by Gasteiger charge is 2.16. The molecule has 0 spiro atoms. The molecule has 0 aliphatic carbocycles. The normalized spacial score (nSPS) is 8.84. The number of nitrogens with zero attached hydrogens (tertiary/aromatic N) is 2. The third kappa shape index (κ3) is 5.58. The van der Waals surface area contributed by atoms with Crippen LogP contribution < -0.4 is 22.0 Å². The van der Waals surface area contributed by atoms with E-state index in [-0.39, 0.29) is 5.96 Å². The molecular formula is C8H9N5O6. The number of carbonyl (C=O) groups is 1. The van der Waals surface area contributed by atoms with E-state index in [1.807, 2.05) is 0 Å². The largest absolute Gasteiger partial charge is 0.545 e. The second-order valence-electron chi connectivity index (χ2n) is 3.04. The SMILES string of the molecule is NC(N)=[NH2+].O=C([O-])c1cc([N+](=O)[O-])cc([N+](=O)[O-])c1. The summed E-state index contributed by atoms with van der Waals surface area (Å²) in [6.45, 7) is 0. The van der Waals surface area contributed by atoms with Crippen molar-refractivity contribution in [2.24, 2.45) is 11.5 Å². The van der Waals surface area contributed by atoms with Crippen LogP contribution in [0.2, 0.25) is 0 Å². The van der Waals surface area contributed by atoms with Gasteiger partial charge in [0.2, 0.25) is 0 Å². The number of hydrogen-bond acceptors (Lipinski definition) is 6. The fourth-order valence-corrected chi connectivity index (χ4v) is 0.924. The Morgan fingerprint density at radius 2 is 1.37 bits per heavy atom. The van der Waals surface area contributed by atoms with Crippen LogP contribution in [0.5, 0.6) is 0 Å². The fraction of sp³-hybridized carbons (Fsp3) is 0. The lowest BCUT2D eigenvalue weighted by molar-refractivity contribution is -0.394. The van der Waals surface area contributed by atoms with Gasteiger partial charge in [-0.15, -0.1) is 0 Å². The average Bonchev–Trinajstić information content (AvgIpc) is 2.27.